The minimum atomic E-state index is -0.181. The van der Waals surface area contributed by atoms with Gasteiger partial charge in [0.1, 0.15) is 0 Å². The molecule has 2 aromatic heterocycles. The lowest BCUT2D eigenvalue weighted by Gasteiger charge is -2.05. The zero-order chi connectivity index (χ0) is 12.8. The molecule has 0 bridgehead atoms. The molecule has 0 aliphatic heterocycles. The van der Waals surface area contributed by atoms with Crippen LogP contribution in [0.25, 0.3) is 0 Å². The first kappa shape index (κ1) is 13.3. The molecule has 1 amide bonds. The average molecular weight is 329 g/mol. The van der Waals surface area contributed by atoms with Crippen LogP contribution in [-0.4, -0.2) is 19.0 Å². The fourth-order valence-corrected chi connectivity index (χ4v) is 2.87. The first-order valence-electron chi connectivity index (χ1n) is 5.51. The van der Waals surface area contributed by atoms with Gasteiger partial charge in [0.15, 0.2) is 5.76 Å². The van der Waals surface area contributed by atoms with Crippen LogP contribution in [0, 0.1) is 0 Å². The van der Waals surface area contributed by atoms with Crippen LogP contribution >= 0.6 is 27.3 Å². The molecule has 0 saturated carbocycles. The third-order valence-electron chi connectivity index (χ3n) is 2.31. The lowest BCUT2D eigenvalue weighted by atomic mass is 10.4. The number of carbonyl (C=O) groups excluding carboxylic acids is 1. The molecule has 96 valence electrons. The lowest BCUT2D eigenvalue weighted by molar-refractivity contribution is 0.0926. The Balaban J connectivity index is 1.62. The van der Waals surface area contributed by atoms with Crippen molar-refractivity contribution >= 4 is 33.2 Å². The van der Waals surface area contributed by atoms with Gasteiger partial charge in [-0.3, -0.25) is 4.79 Å². The molecule has 2 heterocycles. The topological polar surface area (TPSA) is 54.3 Å². The molecule has 18 heavy (non-hydrogen) atoms. The van der Waals surface area contributed by atoms with Crippen molar-refractivity contribution in [3.8, 4) is 0 Å². The highest BCUT2D eigenvalue weighted by Gasteiger charge is 2.06. The minimum absolute atomic E-state index is 0.181. The van der Waals surface area contributed by atoms with E-state index in [-0.39, 0.29) is 5.91 Å². The Labute approximate surface area is 118 Å². The van der Waals surface area contributed by atoms with E-state index in [1.807, 2.05) is 11.4 Å². The normalized spacial score (nSPS) is 10.5. The fraction of sp³-hybridized carbons (Fsp3) is 0.250. The average Bonchev–Trinajstić information content (AvgIpc) is 3.00. The molecule has 0 radical (unpaired) electrons. The van der Waals surface area contributed by atoms with Crippen molar-refractivity contribution in [2.24, 2.45) is 0 Å². The minimum Gasteiger partial charge on any atom is -0.459 e. The highest BCUT2D eigenvalue weighted by molar-refractivity contribution is 9.10. The van der Waals surface area contributed by atoms with E-state index < -0.39 is 0 Å². The molecule has 0 aromatic carbocycles. The number of amides is 1. The van der Waals surface area contributed by atoms with Gasteiger partial charge in [-0.25, -0.2) is 0 Å². The number of carbonyl (C=O) groups is 1. The van der Waals surface area contributed by atoms with Crippen LogP contribution in [0.1, 0.15) is 15.4 Å². The second kappa shape index (κ2) is 6.72. The summed E-state index contributed by atoms with van der Waals surface area (Å²) in [5.41, 5.74) is 0. The number of hydrogen-bond donors (Lipinski definition) is 2. The predicted molar refractivity (Wildman–Crippen MR) is 74.8 cm³/mol. The van der Waals surface area contributed by atoms with Crippen molar-refractivity contribution in [2.75, 3.05) is 13.1 Å². The van der Waals surface area contributed by atoms with Crippen molar-refractivity contribution in [2.45, 2.75) is 6.54 Å². The Bertz CT molecular complexity index is 496. The van der Waals surface area contributed by atoms with Gasteiger partial charge in [-0.15, -0.1) is 11.3 Å². The van der Waals surface area contributed by atoms with Gasteiger partial charge in [-0.1, -0.05) is 0 Å². The molecule has 2 rings (SSSR count). The summed E-state index contributed by atoms with van der Waals surface area (Å²) in [5.74, 6) is 0.162. The van der Waals surface area contributed by atoms with E-state index in [1.54, 1.807) is 23.5 Å². The van der Waals surface area contributed by atoms with Crippen LogP contribution < -0.4 is 10.6 Å². The second-order valence-electron chi connectivity index (χ2n) is 3.60. The molecular weight excluding hydrogens is 316 g/mol. The molecular formula is C12H13BrN2O2S. The monoisotopic (exact) mass is 328 g/mol. The number of rotatable bonds is 6. The first-order valence-corrected chi connectivity index (χ1v) is 7.19. The van der Waals surface area contributed by atoms with E-state index in [0.717, 1.165) is 17.6 Å². The number of thiophene rings is 1. The molecule has 0 saturated heterocycles. The van der Waals surface area contributed by atoms with Crippen LogP contribution in [0.4, 0.5) is 0 Å². The molecule has 2 N–H and O–H groups in total. The van der Waals surface area contributed by atoms with Gasteiger partial charge in [0.25, 0.3) is 5.91 Å². The Hall–Kier alpha value is -1.11. The van der Waals surface area contributed by atoms with Crippen LogP contribution in [0.3, 0.4) is 0 Å². The maximum Gasteiger partial charge on any atom is 0.287 e. The lowest BCUT2D eigenvalue weighted by Crippen LogP contribution is -2.31. The largest absolute Gasteiger partial charge is 0.459 e. The van der Waals surface area contributed by atoms with Crippen molar-refractivity contribution in [1.29, 1.82) is 0 Å². The highest BCUT2D eigenvalue weighted by atomic mass is 79.9. The van der Waals surface area contributed by atoms with Gasteiger partial charge in [0, 0.05) is 29.0 Å². The van der Waals surface area contributed by atoms with E-state index in [4.69, 9.17) is 4.42 Å². The standard InChI is InChI=1S/C12H13BrN2O2S/c13-9-3-7-18-11(9)8-14-4-5-15-12(16)10-2-1-6-17-10/h1-3,6-7,14H,4-5,8H2,(H,15,16). The summed E-state index contributed by atoms with van der Waals surface area (Å²) in [7, 11) is 0. The molecule has 4 nitrogen and oxygen atoms in total. The van der Waals surface area contributed by atoms with Crippen molar-refractivity contribution in [3.05, 3.63) is 45.0 Å². The van der Waals surface area contributed by atoms with Gasteiger partial charge in [-0.05, 0) is 39.5 Å². The van der Waals surface area contributed by atoms with Crippen molar-refractivity contribution < 1.29 is 9.21 Å². The summed E-state index contributed by atoms with van der Waals surface area (Å²) in [5, 5.41) is 8.08. The molecule has 6 heteroatoms. The van der Waals surface area contributed by atoms with Crippen LogP contribution in [0.5, 0.6) is 0 Å². The molecule has 0 aliphatic rings. The van der Waals surface area contributed by atoms with Gasteiger partial charge in [0.05, 0.1) is 6.26 Å². The molecule has 2 aromatic rings. The zero-order valence-corrected chi connectivity index (χ0v) is 12.0. The Morgan fingerprint density at radius 1 is 1.39 bits per heavy atom. The van der Waals surface area contributed by atoms with Crippen LogP contribution in [0.2, 0.25) is 0 Å². The SMILES string of the molecule is O=C(NCCNCc1sccc1Br)c1ccco1. The number of furan rings is 1. The van der Waals surface area contributed by atoms with Crippen LogP contribution in [-0.2, 0) is 6.54 Å². The number of nitrogens with one attached hydrogen (secondary N) is 2. The summed E-state index contributed by atoms with van der Waals surface area (Å²) in [4.78, 5) is 12.8. The Morgan fingerprint density at radius 2 is 2.28 bits per heavy atom. The van der Waals surface area contributed by atoms with E-state index in [0.29, 0.717) is 12.3 Å². The third-order valence-corrected chi connectivity index (χ3v) is 4.24. The number of halogens is 1. The maximum atomic E-state index is 11.5. The fourth-order valence-electron chi connectivity index (χ4n) is 1.41. The molecule has 0 unspecified atom stereocenters. The summed E-state index contributed by atoms with van der Waals surface area (Å²) in [6.07, 6.45) is 1.49. The van der Waals surface area contributed by atoms with Crippen molar-refractivity contribution in [1.82, 2.24) is 10.6 Å². The maximum absolute atomic E-state index is 11.5. The smallest absolute Gasteiger partial charge is 0.287 e. The van der Waals surface area contributed by atoms with Gasteiger partial charge >= 0.3 is 0 Å². The quantitative estimate of drug-likeness (QED) is 0.801. The van der Waals surface area contributed by atoms with Crippen molar-refractivity contribution in [3.63, 3.8) is 0 Å². The van der Waals surface area contributed by atoms with Gasteiger partial charge in [-0.2, -0.15) is 0 Å². The van der Waals surface area contributed by atoms with Gasteiger partial charge in [0.2, 0.25) is 0 Å². The Morgan fingerprint density at radius 3 is 2.94 bits per heavy atom. The van der Waals surface area contributed by atoms with E-state index >= 15 is 0 Å². The molecule has 0 spiro atoms. The number of hydrogen-bond acceptors (Lipinski definition) is 4. The summed E-state index contributed by atoms with van der Waals surface area (Å²) in [6, 6.07) is 5.37. The zero-order valence-electron chi connectivity index (χ0n) is 9.61. The Kier molecular flexibility index (Phi) is 4.98. The summed E-state index contributed by atoms with van der Waals surface area (Å²) < 4.78 is 6.11. The third kappa shape index (κ3) is 3.69. The van der Waals surface area contributed by atoms with Gasteiger partial charge < -0.3 is 15.1 Å². The summed E-state index contributed by atoms with van der Waals surface area (Å²) in [6.45, 7) is 2.09. The highest BCUT2D eigenvalue weighted by Crippen LogP contribution is 2.21. The molecule has 0 atom stereocenters. The van der Waals surface area contributed by atoms with E-state index in [9.17, 15) is 4.79 Å². The molecule has 0 fully saturated rings. The summed E-state index contributed by atoms with van der Waals surface area (Å²) >= 11 is 5.17. The predicted octanol–water partition coefficient (Wildman–Crippen LogP) is 2.62. The molecule has 0 aliphatic carbocycles. The first-order chi connectivity index (χ1) is 8.77. The van der Waals surface area contributed by atoms with E-state index in [1.165, 1.54) is 11.1 Å². The van der Waals surface area contributed by atoms with Crippen LogP contribution in [0.15, 0.2) is 38.7 Å². The van der Waals surface area contributed by atoms with E-state index in [2.05, 4.69) is 26.6 Å². The second-order valence-corrected chi connectivity index (χ2v) is 5.46.